The van der Waals surface area contributed by atoms with Crippen molar-refractivity contribution < 1.29 is 0 Å². The predicted octanol–water partition coefficient (Wildman–Crippen LogP) is 17.3. The zero-order valence-electron chi connectivity index (χ0n) is 41.0. The lowest BCUT2D eigenvalue weighted by atomic mass is 10.0. The molecule has 7 nitrogen and oxygen atoms in total. The van der Waals surface area contributed by atoms with Gasteiger partial charge in [-0.2, -0.15) is 0 Å². The summed E-state index contributed by atoms with van der Waals surface area (Å²) < 4.78 is 9.94. The van der Waals surface area contributed by atoms with Crippen molar-refractivity contribution in [3.63, 3.8) is 0 Å². The summed E-state index contributed by atoms with van der Waals surface area (Å²) in [6.07, 6.45) is 0. The molecular weight excluding hydrogens is 927 g/mol. The molecular formula is C69H43N7. The van der Waals surface area contributed by atoms with Gasteiger partial charge in [-0.25, -0.2) is 15.0 Å². The fourth-order valence-electron chi connectivity index (χ4n) is 12.3. The smallest absolute Gasteiger partial charge is 0.168 e. The van der Waals surface area contributed by atoms with Crippen molar-refractivity contribution in [2.75, 3.05) is 0 Å². The molecule has 11 aromatic carbocycles. The van der Waals surface area contributed by atoms with Crippen LogP contribution in [0.25, 0.3) is 144 Å². The molecule has 0 atom stereocenters. The largest absolute Gasteiger partial charge is 0.307 e. The molecule has 5 aromatic heterocycles. The van der Waals surface area contributed by atoms with Crippen LogP contribution in [0.1, 0.15) is 0 Å². The number of hydrogen-bond donors (Lipinski definition) is 0. The highest BCUT2D eigenvalue weighted by Crippen LogP contribution is 2.50. The van der Waals surface area contributed by atoms with Gasteiger partial charge in [0.1, 0.15) is 0 Å². The molecule has 7 heteroatoms. The van der Waals surface area contributed by atoms with Crippen LogP contribution in [0.4, 0.5) is 0 Å². The fraction of sp³-hybridized carbons (Fsp3) is 0. The molecule has 0 unspecified atom stereocenters. The molecule has 16 aromatic rings. The molecule has 0 aliphatic rings. The molecule has 354 valence electrons. The van der Waals surface area contributed by atoms with E-state index in [4.69, 9.17) is 15.0 Å². The van der Waals surface area contributed by atoms with Gasteiger partial charge >= 0.3 is 0 Å². The van der Waals surface area contributed by atoms with E-state index in [1.54, 1.807) is 0 Å². The van der Waals surface area contributed by atoms with E-state index >= 15 is 0 Å². The molecule has 0 aliphatic heterocycles. The fourth-order valence-corrected chi connectivity index (χ4v) is 12.3. The van der Waals surface area contributed by atoms with E-state index in [1.807, 2.05) is 12.1 Å². The Kier molecular flexibility index (Phi) is 9.20. The number of nitrogens with zero attached hydrogens (tertiary/aromatic N) is 7. The first-order valence-electron chi connectivity index (χ1n) is 25.8. The van der Waals surface area contributed by atoms with Gasteiger partial charge in [-0.3, -0.25) is 0 Å². The number of para-hydroxylation sites is 8. The predicted molar refractivity (Wildman–Crippen MR) is 313 cm³/mol. The van der Waals surface area contributed by atoms with E-state index in [1.165, 1.54) is 0 Å². The highest BCUT2D eigenvalue weighted by Gasteiger charge is 2.33. The molecule has 76 heavy (non-hydrogen) atoms. The van der Waals surface area contributed by atoms with E-state index < -0.39 is 0 Å². The summed E-state index contributed by atoms with van der Waals surface area (Å²) in [5.74, 6) is 1.68. The van der Waals surface area contributed by atoms with Gasteiger partial charge in [0.15, 0.2) is 17.5 Å². The molecule has 0 bridgehead atoms. The van der Waals surface area contributed by atoms with Crippen LogP contribution in [0, 0.1) is 0 Å². The van der Waals surface area contributed by atoms with Gasteiger partial charge in [0.25, 0.3) is 0 Å². The summed E-state index contributed by atoms with van der Waals surface area (Å²) in [7, 11) is 0. The van der Waals surface area contributed by atoms with Crippen molar-refractivity contribution >= 4 is 87.2 Å². The van der Waals surface area contributed by atoms with Crippen LogP contribution in [-0.2, 0) is 0 Å². The summed E-state index contributed by atoms with van der Waals surface area (Å²) in [6.45, 7) is 0. The van der Waals surface area contributed by atoms with Crippen LogP contribution in [0.15, 0.2) is 261 Å². The number of hydrogen-bond acceptors (Lipinski definition) is 3. The first-order valence-corrected chi connectivity index (χ1v) is 25.8. The van der Waals surface area contributed by atoms with Gasteiger partial charge in [-0.05, 0) is 54.6 Å². The molecule has 0 spiro atoms. The molecule has 0 aliphatic carbocycles. The van der Waals surface area contributed by atoms with Crippen molar-refractivity contribution in [2.24, 2.45) is 0 Å². The zero-order valence-corrected chi connectivity index (χ0v) is 41.0. The minimum atomic E-state index is 0.533. The lowest BCUT2D eigenvalue weighted by Gasteiger charge is -2.27. The van der Waals surface area contributed by atoms with Crippen molar-refractivity contribution in [1.29, 1.82) is 0 Å². The summed E-state index contributed by atoms with van der Waals surface area (Å²) in [5, 5.41) is 9.23. The summed E-state index contributed by atoms with van der Waals surface area (Å²) in [5.41, 5.74) is 15.0. The molecule has 0 radical (unpaired) electrons. The SMILES string of the molecule is c1ccc(-c2nc(-c3ccccc3)nc(-c3c(-n4c5ccccc5c5ccccc54)c(-n4c5ccccc5c5ccccc54)cc(-n4c5ccccc5c5ccccc54)c3-n3c4ccccc4c4ccccc43)n2)cc1. The molecule has 0 amide bonds. The maximum Gasteiger partial charge on any atom is 0.168 e. The van der Waals surface area contributed by atoms with Crippen LogP contribution in [0.3, 0.4) is 0 Å². The Bertz CT molecular complexity index is 4480. The summed E-state index contributed by atoms with van der Waals surface area (Å²) in [6, 6.07) is 93.6. The van der Waals surface area contributed by atoms with Crippen LogP contribution >= 0.6 is 0 Å². The topological polar surface area (TPSA) is 58.4 Å². The molecule has 0 N–H and O–H groups in total. The highest BCUT2D eigenvalue weighted by molar-refractivity contribution is 6.16. The average Bonchev–Trinajstić information content (AvgIpc) is 4.25. The normalized spacial score (nSPS) is 11.9. The zero-order chi connectivity index (χ0) is 49.8. The van der Waals surface area contributed by atoms with E-state index in [9.17, 15) is 0 Å². The monoisotopic (exact) mass is 969 g/mol. The Balaban J connectivity index is 1.24. The average molecular weight is 970 g/mol. The lowest BCUT2D eigenvalue weighted by molar-refractivity contribution is 1.02. The van der Waals surface area contributed by atoms with E-state index in [2.05, 4.69) is 267 Å². The first-order chi connectivity index (χ1) is 37.8. The molecule has 0 saturated carbocycles. The quantitative estimate of drug-likeness (QED) is 0.160. The summed E-state index contributed by atoms with van der Waals surface area (Å²) in [4.78, 5) is 16.9. The molecule has 0 saturated heterocycles. The third-order valence-electron chi connectivity index (χ3n) is 15.4. The molecule has 0 fully saturated rings. The minimum Gasteiger partial charge on any atom is -0.307 e. The van der Waals surface area contributed by atoms with E-state index in [0.717, 1.165) is 127 Å². The van der Waals surface area contributed by atoms with Crippen LogP contribution in [0.2, 0.25) is 0 Å². The Labute approximate surface area is 436 Å². The maximum absolute atomic E-state index is 5.79. The Morgan fingerprint density at radius 3 is 0.711 bits per heavy atom. The van der Waals surface area contributed by atoms with Crippen molar-refractivity contribution in [1.82, 2.24) is 33.2 Å². The number of rotatable bonds is 7. The van der Waals surface area contributed by atoms with E-state index in [0.29, 0.717) is 17.5 Å². The number of aromatic nitrogens is 7. The number of fused-ring (bicyclic) bond motifs is 12. The van der Waals surface area contributed by atoms with Crippen LogP contribution in [0.5, 0.6) is 0 Å². The van der Waals surface area contributed by atoms with Gasteiger partial charge < -0.3 is 18.3 Å². The second-order valence-corrected chi connectivity index (χ2v) is 19.5. The Morgan fingerprint density at radius 2 is 0.434 bits per heavy atom. The van der Waals surface area contributed by atoms with Crippen LogP contribution < -0.4 is 0 Å². The van der Waals surface area contributed by atoms with Gasteiger partial charge in [0, 0.05) is 54.2 Å². The second kappa shape index (κ2) is 16.6. The van der Waals surface area contributed by atoms with Gasteiger partial charge in [0.05, 0.1) is 72.4 Å². The second-order valence-electron chi connectivity index (χ2n) is 19.5. The number of benzene rings is 11. The van der Waals surface area contributed by atoms with Gasteiger partial charge in [-0.15, -0.1) is 0 Å². The Morgan fingerprint density at radius 1 is 0.211 bits per heavy atom. The Hall–Kier alpha value is -10.4. The molecule has 16 rings (SSSR count). The first kappa shape index (κ1) is 42.2. The van der Waals surface area contributed by atoms with Crippen molar-refractivity contribution in [2.45, 2.75) is 0 Å². The maximum atomic E-state index is 5.79. The van der Waals surface area contributed by atoms with Gasteiger partial charge in [-0.1, -0.05) is 206 Å². The van der Waals surface area contributed by atoms with Crippen molar-refractivity contribution in [3.8, 4) is 56.9 Å². The third kappa shape index (κ3) is 6.14. The van der Waals surface area contributed by atoms with E-state index in [-0.39, 0.29) is 0 Å². The lowest BCUT2D eigenvalue weighted by Crippen LogP contribution is -2.14. The highest BCUT2D eigenvalue weighted by atomic mass is 15.1. The van der Waals surface area contributed by atoms with Crippen LogP contribution in [-0.4, -0.2) is 33.2 Å². The summed E-state index contributed by atoms with van der Waals surface area (Å²) >= 11 is 0. The standard InChI is InChI=1S/C69H43N7/c1-3-23-44(24-4-1)67-70-68(45-25-5-2-6-26-45)72-69(71-67)64-65(75-58-39-19-11-31-50(58)51-32-12-20-40-59(51)75)62(73-54-35-15-7-27-46(54)47-28-8-16-36-55(47)73)43-63(74-56-37-17-9-29-48(56)49-30-10-18-38-57(49)74)66(64)76-60-41-21-13-33-52(60)53-34-14-22-42-61(53)76/h1-43H. The minimum absolute atomic E-state index is 0.533. The molecule has 5 heterocycles. The van der Waals surface area contributed by atoms with Gasteiger partial charge in [0.2, 0.25) is 0 Å². The van der Waals surface area contributed by atoms with Crippen molar-refractivity contribution in [3.05, 3.63) is 261 Å². The third-order valence-corrected chi connectivity index (χ3v) is 15.4.